The zero-order chi connectivity index (χ0) is 14.2. The van der Waals surface area contributed by atoms with Gasteiger partial charge in [0.2, 0.25) is 0 Å². The number of benzene rings is 1. The average molecular weight is 264 g/mol. The van der Waals surface area contributed by atoms with Gasteiger partial charge in [-0.3, -0.25) is 4.79 Å². The summed E-state index contributed by atoms with van der Waals surface area (Å²) in [5.74, 6) is -0.0431. The van der Waals surface area contributed by atoms with E-state index in [0.717, 1.165) is 19.4 Å². The number of rotatable bonds is 1. The van der Waals surface area contributed by atoms with Crippen LogP contribution in [0.4, 0.5) is 10.1 Å². The average Bonchev–Trinajstić information content (AvgIpc) is 2.37. The minimum absolute atomic E-state index is 0.121. The minimum atomic E-state index is -0.416. The Kier molecular flexibility index (Phi) is 3.78. The van der Waals surface area contributed by atoms with Gasteiger partial charge < -0.3 is 10.6 Å². The van der Waals surface area contributed by atoms with Crippen LogP contribution in [0.2, 0.25) is 0 Å². The topological polar surface area (TPSA) is 46.3 Å². The second kappa shape index (κ2) is 5.19. The van der Waals surface area contributed by atoms with Gasteiger partial charge in [-0.15, -0.1) is 0 Å². The fraction of sp³-hybridized carbons (Fsp3) is 0.533. The van der Waals surface area contributed by atoms with Gasteiger partial charge >= 0.3 is 0 Å². The molecule has 0 radical (unpaired) electrons. The molecule has 1 saturated heterocycles. The fourth-order valence-electron chi connectivity index (χ4n) is 2.56. The number of likely N-dealkylation sites (tertiary alicyclic amines) is 1. The Morgan fingerprint density at radius 2 is 2.05 bits per heavy atom. The Hall–Kier alpha value is -1.58. The summed E-state index contributed by atoms with van der Waals surface area (Å²) in [6.45, 7) is 6.52. The molecule has 3 nitrogen and oxygen atoms in total. The van der Waals surface area contributed by atoms with Gasteiger partial charge in [0.15, 0.2) is 0 Å². The third kappa shape index (κ3) is 2.72. The Bertz CT molecular complexity index is 478. The highest BCUT2D eigenvalue weighted by Crippen LogP contribution is 2.25. The Labute approximate surface area is 113 Å². The van der Waals surface area contributed by atoms with Gasteiger partial charge in [-0.05, 0) is 44.7 Å². The normalized spacial score (nSPS) is 23.5. The number of hydrogen-bond donors (Lipinski definition) is 1. The lowest BCUT2D eigenvalue weighted by molar-refractivity contribution is 0.0573. The van der Waals surface area contributed by atoms with Crippen molar-refractivity contribution < 1.29 is 9.18 Å². The summed E-state index contributed by atoms with van der Waals surface area (Å²) in [5, 5.41) is 0. The standard InChI is InChI=1S/C15H21FN2O/c1-9-4-5-10(2)18(8-9)15(19)12-6-13(16)11(3)14(17)7-12/h6-7,9-10H,4-5,8,17H2,1-3H3. The SMILES string of the molecule is Cc1c(N)cc(C(=O)N2CC(C)CCC2C)cc1F. The maximum Gasteiger partial charge on any atom is 0.254 e. The maximum absolute atomic E-state index is 13.7. The van der Waals surface area contributed by atoms with E-state index in [1.807, 2.05) is 11.8 Å². The molecule has 0 bridgehead atoms. The minimum Gasteiger partial charge on any atom is -0.398 e. The first-order valence-electron chi connectivity index (χ1n) is 6.76. The van der Waals surface area contributed by atoms with Gasteiger partial charge in [-0.1, -0.05) is 6.92 Å². The molecule has 1 aromatic rings. The molecule has 1 amide bonds. The van der Waals surface area contributed by atoms with Gasteiger partial charge in [0.25, 0.3) is 5.91 Å². The molecule has 2 N–H and O–H groups in total. The molecule has 1 aromatic carbocycles. The van der Waals surface area contributed by atoms with Gasteiger partial charge in [-0.25, -0.2) is 4.39 Å². The molecule has 2 atom stereocenters. The molecular weight excluding hydrogens is 243 g/mol. The molecular formula is C15H21FN2O. The van der Waals surface area contributed by atoms with E-state index >= 15 is 0 Å². The number of nitrogen functional groups attached to an aromatic ring is 1. The first-order chi connectivity index (χ1) is 8.90. The van der Waals surface area contributed by atoms with E-state index in [1.54, 1.807) is 13.0 Å². The van der Waals surface area contributed by atoms with Crippen LogP contribution in [0.15, 0.2) is 12.1 Å². The van der Waals surface area contributed by atoms with Crippen molar-refractivity contribution in [2.45, 2.75) is 39.7 Å². The van der Waals surface area contributed by atoms with Crippen LogP contribution < -0.4 is 5.73 Å². The molecule has 1 aliphatic heterocycles. The molecule has 104 valence electrons. The van der Waals surface area contributed by atoms with Crippen molar-refractivity contribution in [1.29, 1.82) is 0 Å². The number of nitrogens with zero attached hydrogens (tertiary/aromatic N) is 1. The summed E-state index contributed by atoms with van der Waals surface area (Å²) in [6, 6.07) is 3.07. The van der Waals surface area contributed by atoms with E-state index < -0.39 is 5.82 Å². The van der Waals surface area contributed by atoms with Crippen LogP contribution in [0.5, 0.6) is 0 Å². The lowest BCUT2D eigenvalue weighted by Crippen LogP contribution is -2.45. The van der Waals surface area contributed by atoms with Gasteiger partial charge in [-0.2, -0.15) is 0 Å². The summed E-state index contributed by atoms with van der Waals surface area (Å²) in [7, 11) is 0. The Balaban J connectivity index is 2.28. The van der Waals surface area contributed by atoms with Gasteiger partial charge in [0.1, 0.15) is 5.82 Å². The van der Waals surface area contributed by atoms with E-state index in [2.05, 4.69) is 6.92 Å². The second-order valence-corrected chi connectivity index (χ2v) is 5.66. The van der Waals surface area contributed by atoms with Crippen LogP contribution in [-0.2, 0) is 0 Å². The highest BCUT2D eigenvalue weighted by atomic mass is 19.1. The molecule has 0 saturated carbocycles. The summed E-state index contributed by atoms with van der Waals surface area (Å²) in [6.07, 6.45) is 2.13. The van der Waals surface area contributed by atoms with Crippen LogP contribution in [0.25, 0.3) is 0 Å². The molecule has 19 heavy (non-hydrogen) atoms. The highest BCUT2D eigenvalue weighted by molar-refractivity contribution is 5.95. The number of hydrogen-bond acceptors (Lipinski definition) is 2. The van der Waals surface area contributed by atoms with Crippen molar-refractivity contribution in [2.24, 2.45) is 5.92 Å². The molecule has 0 spiro atoms. The molecule has 4 heteroatoms. The van der Waals surface area contributed by atoms with Crippen molar-refractivity contribution in [3.05, 3.63) is 29.1 Å². The predicted molar refractivity (Wildman–Crippen MR) is 74.4 cm³/mol. The molecule has 0 aliphatic carbocycles. The van der Waals surface area contributed by atoms with E-state index in [-0.39, 0.29) is 11.9 Å². The first-order valence-corrected chi connectivity index (χ1v) is 6.76. The van der Waals surface area contributed by atoms with Crippen LogP contribution in [0, 0.1) is 18.7 Å². The molecule has 1 fully saturated rings. The maximum atomic E-state index is 13.7. The molecule has 2 unspecified atom stereocenters. The van der Waals surface area contributed by atoms with Crippen molar-refractivity contribution in [3.8, 4) is 0 Å². The monoisotopic (exact) mass is 264 g/mol. The number of carbonyl (C=O) groups excluding carboxylic acids is 1. The van der Waals surface area contributed by atoms with Crippen LogP contribution in [0.1, 0.15) is 42.6 Å². The smallest absolute Gasteiger partial charge is 0.254 e. The summed E-state index contributed by atoms with van der Waals surface area (Å²) in [4.78, 5) is 14.3. The predicted octanol–water partition coefficient (Wildman–Crippen LogP) is 2.98. The largest absolute Gasteiger partial charge is 0.398 e. The van der Waals surface area contributed by atoms with Gasteiger partial charge in [0.05, 0.1) is 0 Å². The first kappa shape index (κ1) is 13.8. The third-order valence-electron chi connectivity index (χ3n) is 4.01. The summed E-state index contributed by atoms with van der Waals surface area (Å²) in [5.41, 5.74) is 6.82. The number of piperidine rings is 1. The quantitative estimate of drug-likeness (QED) is 0.793. The zero-order valence-corrected chi connectivity index (χ0v) is 11.7. The lowest BCUT2D eigenvalue weighted by Gasteiger charge is -2.37. The summed E-state index contributed by atoms with van der Waals surface area (Å²) < 4.78 is 13.7. The molecule has 2 rings (SSSR count). The Morgan fingerprint density at radius 1 is 1.37 bits per heavy atom. The summed E-state index contributed by atoms with van der Waals surface area (Å²) >= 11 is 0. The van der Waals surface area contributed by atoms with E-state index in [9.17, 15) is 9.18 Å². The number of anilines is 1. The molecule has 1 heterocycles. The van der Waals surface area contributed by atoms with Crippen LogP contribution in [0.3, 0.4) is 0 Å². The van der Waals surface area contributed by atoms with E-state index in [1.165, 1.54) is 6.07 Å². The molecule has 0 aromatic heterocycles. The number of amides is 1. The van der Waals surface area contributed by atoms with E-state index in [0.29, 0.717) is 22.7 Å². The lowest BCUT2D eigenvalue weighted by atomic mass is 9.94. The van der Waals surface area contributed by atoms with Crippen molar-refractivity contribution in [3.63, 3.8) is 0 Å². The molecule has 1 aliphatic rings. The van der Waals surface area contributed by atoms with Crippen molar-refractivity contribution >= 4 is 11.6 Å². The third-order valence-corrected chi connectivity index (χ3v) is 4.01. The van der Waals surface area contributed by atoms with Crippen LogP contribution in [-0.4, -0.2) is 23.4 Å². The number of nitrogens with two attached hydrogens (primary N) is 1. The van der Waals surface area contributed by atoms with Gasteiger partial charge in [0, 0.05) is 29.4 Å². The Morgan fingerprint density at radius 3 is 2.68 bits per heavy atom. The second-order valence-electron chi connectivity index (χ2n) is 5.66. The highest BCUT2D eigenvalue weighted by Gasteiger charge is 2.28. The van der Waals surface area contributed by atoms with Crippen LogP contribution >= 0.6 is 0 Å². The zero-order valence-electron chi connectivity index (χ0n) is 11.7. The van der Waals surface area contributed by atoms with E-state index in [4.69, 9.17) is 5.73 Å². The van der Waals surface area contributed by atoms with Crippen molar-refractivity contribution in [1.82, 2.24) is 4.90 Å². The fourth-order valence-corrected chi connectivity index (χ4v) is 2.56. The van der Waals surface area contributed by atoms with Crippen molar-refractivity contribution in [2.75, 3.05) is 12.3 Å². The number of carbonyl (C=O) groups is 1. The number of halogens is 1.